The summed E-state index contributed by atoms with van der Waals surface area (Å²) < 4.78 is 34.7. The zero-order valence-electron chi connectivity index (χ0n) is 14.6. The molecule has 3 N–H and O–H groups in total. The van der Waals surface area contributed by atoms with E-state index in [-0.39, 0.29) is 94.3 Å². The number of aromatic nitrogens is 3. The number of nitrogens with one attached hydrogen (secondary N) is 3. The number of hydrogen-bond acceptors (Lipinski definition) is 13. The van der Waals surface area contributed by atoms with Crippen molar-refractivity contribution in [2.45, 2.75) is 0 Å². The van der Waals surface area contributed by atoms with Gasteiger partial charge in [-0.2, -0.15) is 0 Å². The van der Waals surface area contributed by atoms with E-state index in [1.165, 1.54) is 0 Å². The minimum absolute atomic E-state index is 0. The Hall–Kier alpha value is 1.81. The summed E-state index contributed by atoms with van der Waals surface area (Å²) in [6, 6.07) is 0. The van der Waals surface area contributed by atoms with Gasteiger partial charge in [0.25, 0.3) is 7.82 Å². The first kappa shape index (κ1) is 42.8. The predicted molar refractivity (Wildman–Crippen MR) is 53.3 cm³/mol. The summed E-state index contributed by atoms with van der Waals surface area (Å²) in [6.45, 7) is 0. The Morgan fingerprint density at radius 2 is 0.741 bits per heavy atom. The molecule has 1 rings (SSSR count). The molecule has 0 radical (unpaired) electrons. The molecule has 0 saturated carbocycles. The number of aromatic amines is 3. The van der Waals surface area contributed by atoms with Gasteiger partial charge in [-0.15, -0.1) is 0 Å². The van der Waals surface area contributed by atoms with Crippen LogP contribution in [0.15, 0.2) is 14.4 Å². The van der Waals surface area contributed by atoms with E-state index in [1.54, 1.807) is 15.0 Å². The molecule has 1 aromatic heterocycles. The van der Waals surface area contributed by atoms with Crippen molar-refractivity contribution >= 4 is 23.5 Å². The molecule has 0 aromatic carbocycles. The zero-order chi connectivity index (χ0) is 17.8. The molecule has 0 aliphatic heterocycles. The molecule has 0 aliphatic carbocycles. The van der Waals surface area contributed by atoms with E-state index < -0.39 is 40.5 Å². The van der Waals surface area contributed by atoms with Crippen LogP contribution in [-0.4, -0.2) is 15.0 Å². The second kappa shape index (κ2) is 17.5. The third-order valence-electron chi connectivity index (χ3n) is 1.08. The number of hydrogen-bond donors (Lipinski definition) is 3. The van der Waals surface area contributed by atoms with E-state index in [0.717, 1.165) is 0 Å². The molecule has 16 nitrogen and oxygen atoms in total. The maximum absolute atomic E-state index is 10.2. The molecule has 0 amide bonds. The van der Waals surface area contributed by atoms with E-state index in [9.17, 15) is 52.5 Å². The molecule has 24 heteroatoms. The van der Waals surface area contributed by atoms with Gasteiger partial charge in [-0.3, -0.25) is 28.1 Å². The van der Waals surface area contributed by atoms with E-state index in [2.05, 4.69) is 8.62 Å². The summed E-state index contributed by atoms with van der Waals surface area (Å²) in [7, 11) is -17.9. The van der Waals surface area contributed by atoms with Crippen molar-refractivity contribution in [2.24, 2.45) is 0 Å². The summed E-state index contributed by atoms with van der Waals surface area (Å²) >= 11 is 0. The first-order chi connectivity index (χ1) is 9.60. The average molecular weight is 417 g/mol. The van der Waals surface area contributed by atoms with Gasteiger partial charge in [0, 0.05) is 0 Å². The van der Waals surface area contributed by atoms with Crippen LogP contribution in [0.2, 0.25) is 0 Å². The van der Waals surface area contributed by atoms with Gasteiger partial charge in [-0.25, -0.2) is 14.4 Å². The largest absolute Gasteiger partial charge is 1.00 e. The predicted octanol–water partition coefficient (Wildman–Crippen LogP) is -21.1. The average Bonchev–Trinajstić information content (AvgIpc) is 2.05. The summed E-state index contributed by atoms with van der Waals surface area (Å²) in [5, 5.41) is 0. The van der Waals surface area contributed by atoms with Gasteiger partial charge in [-0.05, 0) is 0 Å². The number of H-pyrrole nitrogens is 3. The molecular formula is C3H3Li5N3O13P3. The van der Waals surface area contributed by atoms with Crippen molar-refractivity contribution in [3.63, 3.8) is 0 Å². The Morgan fingerprint density at radius 3 is 0.889 bits per heavy atom. The van der Waals surface area contributed by atoms with Crippen LogP contribution in [0.4, 0.5) is 0 Å². The third kappa shape index (κ3) is 27.8. The molecule has 0 aliphatic rings. The first-order valence-electron chi connectivity index (χ1n) is 4.30. The second-order valence-electron chi connectivity index (χ2n) is 2.87. The molecule has 0 saturated heterocycles. The van der Waals surface area contributed by atoms with Crippen LogP contribution in [0.25, 0.3) is 0 Å². The fourth-order valence-electron chi connectivity index (χ4n) is 0.663. The monoisotopic (exact) mass is 417 g/mol. The molecule has 0 bridgehead atoms. The number of rotatable bonds is 4. The van der Waals surface area contributed by atoms with Crippen LogP contribution in [0, 0.1) is 0 Å². The SMILES string of the molecule is O=P([O-])([O-])OP(=O)([O-])OP(=O)([O-])[O-].O=c1[nH]c(=O)[nH]c(=O)[nH]1.[Li+].[Li+].[Li+].[Li+].[Li+]. The van der Waals surface area contributed by atoms with Crippen molar-refractivity contribution in [3.8, 4) is 0 Å². The molecule has 0 atom stereocenters. The molecule has 0 unspecified atom stereocenters. The fraction of sp³-hybridized carbons (Fsp3) is 0. The van der Waals surface area contributed by atoms with Crippen LogP contribution in [0.1, 0.15) is 0 Å². The van der Waals surface area contributed by atoms with Crippen molar-refractivity contribution in [2.75, 3.05) is 0 Å². The van der Waals surface area contributed by atoms with Crippen LogP contribution in [-0.2, 0) is 22.3 Å². The van der Waals surface area contributed by atoms with Gasteiger partial charge in [0.15, 0.2) is 0 Å². The molecular weight excluding hydrogens is 414 g/mol. The third-order valence-corrected chi connectivity index (χ3v) is 4.28. The Morgan fingerprint density at radius 1 is 0.556 bits per heavy atom. The Bertz CT molecular complexity index is 716. The van der Waals surface area contributed by atoms with Gasteiger partial charge >= 0.3 is 111 Å². The summed E-state index contributed by atoms with van der Waals surface area (Å²) in [4.78, 5) is 84.6. The first-order valence-corrected chi connectivity index (χ1v) is 8.69. The standard InChI is InChI=1S/C3H3N3O3.5Li.H5O10P3/c7-1-4-2(8)6-3(9)5-1;;;;;;1-11(2,3)9-13(7,8)10-12(4,5)6/h(H3,4,5,6,7,8,9);;;;;;(H,7,8)(H2,1,2,3)(H2,4,5,6)/q;5*+1;/p-5. The summed E-state index contributed by atoms with van der Waals surface area (Å²) in [6.07, 6.45) is 0. The summed E-state index contributed by atoms with van der Waals surface area (Å²) in [5.41, 5.74) is -2.41. The molecule has 27 heavy (non-hydrogen) atoms. The Labute approximate surface area is 209 Å². The molecule has 1 aromatic rings. The van der Waals surface area contributed by atoms with Crippen LogP contribution in [0.3, 0.4) is 0 Å². The molecule has 0 spiro atoms. The molecule has 1 heterocycles. The van der Waals surface area contributed by atoms with Gasteiger partial charge in [0.1, 0.15) is 0 Å². The van der Waals surface area contributed by atoms with Crippen LogP contribution >= 0.6 is 23.5 Å². The zero-order valence-corrected chi connectivity index (χ0v) is 17.3. The van der Waals surface area contributed by atoms with Crippen molar-refractivity contribution in [1.29, 1.82) is 0 Å². The second-order valence-corrected chi connectivity index (χ2v) is 6.86. The minimum atomic E-state index is -5.97. The van der Waals surface area contributed by atoms with Gasteiger partial charge in [0.05, 0.1) is 15.6 Å². The topological polar surface area (TPSA) is 284 Å². The minimum Gasteiger partial charge on any atom is -0.790 e. The normalized spacial score (nSPS) is 10.1. The molecule has 128 valence electrons. The van der Waals surface area contributed by atoms with Crippen LogP contribution < -0.4 is 136 Å². The van der Waals surface area contributed by atoms with Crippen molar-refractivity contribution < 1.29 is 141 Å². The maximum Gasteiger partial charge on any atom is 1.00 e. The fourth-order valence-corrected chi connectivity index (χ4v) is 3.01. The van der Waals surface area contributed by atoms with Gasteiger partial charge < -0.3 is 33.6 Å². The van der Waals surface area contributed by atoms with Crippen LogP contribution in [0.5, 0.6) is 0 Å². The maximum atomic E-state index is 10.2. The summed E-state index contributed by atoms with van der Waals surface area (Å²) in [5.74, 6) is 0. The van der Waals surface area contributed by atoms with E-state index >= 15 is 0 Å². The quantitative estimate of drug-likeness (QED) is 0.303. The van der Waals surface area contributed by atoms with Crippen molar-refractivity contribution in [1.82, 2.24) is 15.0 Å². The van der Waals surface area contributed by atoms with E-state index in [4.69, 9.17) is 0 Å². The Kier molecular flexibility index (Phi) is 27.7. The van der Waals surface area contributed by atoms with Gasteiger partial charge in [-0.1, -0.05) is 0 Å². The van der Waals surface area contributed by atoms with Crippen molar-refractivity contribution in [3.05, 3.63) is 31.5 Å². The van der Waals surface area contributed by atoms with E-state index in [1.807, 2.05) is 0 Å². The smallest absolute Gasteiger partial charge is 0.790 e. The Balaban J connectivity index is -0.0000000712. The number of phosphoric acid groups is 3. The van der Waals surface area contributed by atoms with Gasteiger partial charge in [0.2, 0.25) is 0 Å². The molecule has 0 fully saturated rings. The van der Waals surface area contributed by atoms with E-state index in [0.29, 0.717) is 0 Å².